The number of esters is 1. The van der Waals surface area contributed by atoms with E-state index < -0.39 is 30.6 Å². The predicted molar refractivity (Wildman–Crippen MR) is 127 cm³/mol. The molecule has 0 saturated carbocycles. The van der Waals surface area contributed by atoms with E-state index in [1.54, 1.807) is 0 Å². The summed E-state index contributed by atoms with van der Waals surface area (Å²) in [5.41, 5.74) is 3.11. The van der Waals surface area contributed by atoms with E-state index in [1.807, 2.05) is 91.0 Å². The smallest absolute Gasteiger partial charge is 0.305 e. The summed E-state index contributed by atoms with van der Waals surface area (Å²) in [7, 11) is 0. The van der Waals surface area contributed by atoms with Crippen LogP contribution in [0.4, 0.5) is 0 Å². The monoisotopic (exact) mass is 462 g/mol. The number of carbonyl (C=O) groups excluding carboxylic acids is 1. The van der Waals surface area contributed by atoms with Gasteiger partial charge in [-0.05, 0) is 16.7 Å². The normalized spacial score (nSPS) is 21.9. The Morgan fingerprint density at radius 2 is 1.18 bits per heavy atom. The van der Waals surface area contributed by atoms with E-state index in [9.17, 15) is 4.79 Å². The fourth-order valence-corrected chi connectivity index (χ4v) is 3.86. The van der Waals surface area contributed by atoms with Crippen LogP contribution in [-0.2, 0) is 48.3 Å². The summed E-state index contributed by atoms with van der Waals surface area (Å²) in [6, 6.07) is 29.7. The summed E-state index contributed by atoms with van der Waals surface area (Å²) < 4.78 is 30.0. The summed E-state index contributed by atoms with van der Waals surface area (Å²) in [6.45, 7) is 2.80. The van der Waals surface area contributed by atoms with Crippen LogP contribution >= 0.6 is 0 Å². The van der Waals surface area contributed by atoms with E-state index in [2.05, 4.69) is 0 Å². The first kappa shape index (κ1) is 24.1. The summed E-state index contributed by atoms with van der Waals surface area (Å²) in [5.74, 6) is -0.439. The molecule has 1 aliphatic heterocycles. The molecule has 3 unspecified atom stereocenters. The largest absolute Gasteiger partial charge is 0.433 e. The van der Waals surface area contributed by atoms with Crippen LogP contribution in [0.5, 0.6) is 0 Å². The average Bonchev–Trinajstić information content (AvgIpc) is 3.18. The Labute approximate surface area is 200 Å². The summed E-state index contributed by atoms with van der Waals surface area (Å²) in [4.78, 5) is 11.8. The first-order valence-corrected chi connectivity index (χ1v) is 11.4. The number of ether oxygens (including phenoxy) is 5. The van der Waals surface area contributed by atoms with E-state index in [4.69, 9.17) is 23.7 Å². The molecule has 1 fully saturated rings. The number of hydrogen-bond acceptors (Lipinski definition) is 6. The maximum Gasteiger partial charge on any atom is 0.305 e. The lowest BCUT2D eigenvalue weighted by Crippen LogP contribution is -2.40. The van der Waals surface area contributed by atoms with Crippen LogP contribution in [0, 0.1) is 0 Å². The van der Waals surface area contributed by atoms with Crippen LogP contribution in [0.15, 0.2) is 91.0 Å². The molecule has 0 aromatic heterocycles. The molecule has 0 spiro atoms. The maximum absolute atomic E-state index is 11.8. The fraction of sp³-hybridized carbons (Fsp3) is 0.321. The third-order valence-corrected chi connectivity index (χ3v) is 5.51. The quantitative estimate of drug-likeness (QED) is 0.386. The Hall–Kier alpha value is -3.03. The highest BCUT2D eigenvalue weighted by atomic mass is 16.7. The van der Waals surface area contributed by atoms with Gasteiger partial charge in [0.2, 0.25) is 6.29 Å². The van der Waals surface area contributed by atoms with E-state index >= 15 is 0 Å². The average molecular weight is 463 g/mol. The third kappa shape index (κ3) is 6.98. The van der Waals surface area contributed by atoms with Gasteiger partial charge in [-0.25, -0.2) is 0 Å². The highest BCUT2D eigenvalue weighted by Crippen LogP contribution is 2.30. The third-order valence-electron chi connectivity index (χ3n) is 5.51. The van der Waals surface area contributed by atoms with Gasteiger partial charge in [0.1, 0.15) is 18.3 Å². The van der Waals surface area contributed by atoms with Crippen LogP contribution in [0.25, 0.3) is 0 Å². The maximum atomic E-state index is 11.8. The molecule has 3 aromatic rings. The standard InChI is InChI=1S/C28H30O6/c1-21(29)33-28-27(32-19-24-15-9-4-10-16-24)26(31-18-23-13-7-3-8-14-23)25(34-28)20-30-17-22-11-5-2-6-12-22/h2-16,25-28H,17-20H2,1H3/t25-,26?,27?,28?/m1/s1. The lowest BCUT2D eigenvalue weighted by molar-refractivity contribution is -0.195. The summed E-state index contributed by atoms with van der Waals surface area (Å²) in [6.07, 6.45) is -2.42. The van der Waals surface area contributed by atoms with Gasteiger partial charge < -0.3 is 23.7 Å². The Bertz CT molecular complexity index is 995. The van der Waals surface area contributed by atoms with Gasteiger partial charge in [0.05, 0.1) is 26.4 Å². The van der Waals surface area contributed by atoms with Crippen molar-refractivity contribution in [1.29, 1.82) is 0 Å². The predicted octanol–water partition coefficient (Wildman–Crippen LogP) is 4.66. The topological polar surface area (TPSA) is 63.2 Å². The van der Waals surface area contributed by atoms with Crippen molar-refractivity contribution in [3.8, 4) is 0 Å². The second-order valence-corrected chi connectivity index (χ2v) is 8.18. The van der Waals surface area contributed by atoms with E-state index in [0.29, 0.717) is 19.8 Å². The van der Waals surface area contributed by atoms with Crippen molar-refractivity contribution < 1.29 is 28.5 Å². The minimum absolute atomic E-state index is 0.275. The number of hydrogen-bond donors (Lipinski definition) is 0. The van der Waals surface area contributed by atoms with Crippen molar-refractivity contribution in [3.63, 3.8) is 0 Å². The fourth-order valence-electron chi connectivity index (χ4n) is 3.86. The molecule has 34 heavy (non-hydrogen) atoms. The van der Waals surface area contributed by atoms with Crippen molar-refractivity contribution >= 4 is 5.97 Å². The molecule has 0 N–H and O–H groups in total. The van der Waals surface area contributed by atoms with Crippen molar-refractivity contribution in [2.24, 2.45) is 0 Å². The van der Waals surface area contributed by atoms with E-state index in [1.165, 1.54) is 6.92 Å². The molecule has 3 aromatic carbocycles. The zero-order valence-corrected chi connectivity index (χ0v) is 19.2. The molecule has 0 amide bonds. The van der Waals surface area contributed by atoms with Crippen molar-refractivity contribution in [2.45, 2.75) is 51.3 Å². The van der Waals surface area contributed by atoms with Crippen molar-refractivity contribution in [2.75, 3.05) is 6.61 Å². The Morgan fingerprint density at radius 1 is 0.706 bits per heavy atom. The minimum Gasteiger partial charge on any atom is -0.433 e. The minimum atomic E-state index is -0.882. The summed E-state index contributed by atoms with van der Waals surface area (Å²) in [5, 5.41) is 0. The van der Waals surface area contributed by atoms with Crippen LogP contribution in [0.1, 0.15) is 23.6 Å². The summed E-state index contributed by atoms with van der Waals surface area (Å²) >= 11 is 0. The molecule has 0 bridgehead atoms. The molecule has 1 saturated heterocycles. The molecule has 0 aliphatic carbocycles. The van der Waals surface area contributed by atoms with Crippen LogP contribution in [0.3, 0.4) is 0 Å². The first-order chi connectivity index (χ1) is 16.7. The second-order valence-electron chi connectivity index (χ2n) is 8.18. The lowest BCUT2D eigenvalue weighted by atomic mass is 10.1. The highest BCUT2D eigenvalue weighted by Gasteiger charge is 2.48. The van der Waals surface area contributed by atoms with Gasteiger partial charge >= 0.3 is 5.97 Å². The molecule has 4 rings (SSSR count). The van der Waals surface area contributed by atoms with E-state index in [0.717, 1.165) is 16.7 Å². The first-order valence-electron chi connectivity index (χ1n) is 11.4. The molecular formula is C28H30O6. The molecule has 6 heteroatoms. The van der Waals surface area contributed by atoms with Crippen LogP contribution in [-0.4, -0.2) is 37.2 Å². The van der Waals surface area contributed by atoms with Crippen LogP contribution in [0.2, 0.25) is 0 Å². The highest BCUT2D eigenvalue weighted by molar-refractivity contribution is 5.66. The molecule has 1 aliphatic rings. The zero-order valence-electron chi connectivity index (χ0n) is 19.2. The molecule has 178 valence electrons. The number of carbonyl (C=O) groups is 1. The Balaban J connectivity index is 1.47. The van der Waals surface area contributed by atoms with Crippen LogP contribution < -0.4 is 0 Å². The van der Waals surface area contributed by atoms with Crippen molar-refractivity contribution in [3.05, 3.63) is 108 Å². The van der Waals surface area contributed by atoms with Gasteiger partial charge in [-0.3, -0.25) is 4.79 Å². The van der Waals surface area contributed by atoms with Gasteiger partial charge in [-0.1, -0.05) is 91.0 Å². The number of benzene rings is 3. The zero-order chi connectivity index (χ0) is 23.6. The molecule has 6 nitrogen and oxygen atoms in total. The van der Waals surface area contributed by atoms with Gasteiger partial charge in [0.25, 0.3) is 0 Å². The molecule has 1 heterocycles. The van der Waals surface area contributed by atoms with E-state index in [-0.39, 0.29) is 6.61 Å². The SMILES string of the molecule is CC(=O)OC1O[C@H](COCc2ccccc2)C(OCc2ccccc2)C1OCc1ccccc1. The lowest BCUT2D eigenvalue weighted by Gasteiger charge is -2.24. The van der Waals surface area contributed by atoms with Gasteiger partial charge in [0, 0.05) is 6.92 Å². The molecule has 4 atom stereocenters. The number of rotatable bonds is 11. The Morgan fingerprint density at radius 3 is 1.68 bits per heavy atom. The van der Waals surface area contributed by atoms with Gasteiger partial charge in [-0.2, -0.15) is 0 Å². The van der Waals surface area contributed by atoms with Gasteiger partial charge in [-0.15, -0.1) is 0 Å². The van der Waals surface area contributed by atoms with Crippen molar-refractivity contribution in [1.82, 2.24) is 0 Å². The van der Waals surface area contributed by atoms with Gasteiger partial charge in [0.15, 0.2) is 0 Å². The molecular weight excluding hydrogens is 432 g/mol. The molecule has 0 radical (unpaired) electrons. The Kier molecular flexibility index (Phi) is 8.82. The second kappa shape index (κ2) is 12.4.